The third kappa shape index (κ3) is 2.30. The van der Waals surface area contributed by atoms with Gasteiger partial charge in [0.25, 0.3) is 0 Å². The minimum atomic E-state index is 0.929. The Hall–Kier alpha value is -1.61. The Bertz CT molecular complexity index is 744. The zero-order chi connectivity index (χ0) is 13.4. The van der Waals surface area contributed by atoms with Crippen molar-refractivity contribution < 1.29 is 0 Å². The largest absolute Gasteiger partial charge is 0.338 e. The van der Waals surface area contributed by atoms with Crippen molar-refractivity contribution in [3.63, 3.8) is 0 Å². The summed E-state index contributed by atoms with van der Waals surface area (Å²) in [4.78, 5) is 8.07. The van der Waals surface area contributed by atoms with Gasteiger partial charge in [0, 0.05) is 10.0 Å². The van der Waals surface area contributed by atoms with Gasteiger partial charge in [0.15, 0.2) is 0 Å². The predicted molar refractivity (Wildman–Crippen MR) is 83.3 cm³/mol. The van der Waals surface area contributed by atoms with E-state index in [4.69, 9.17) is 0 Å². The molecule has 0 atom stereocenters. The highest BCUT2D eigenvalue weighted by atomic mass is 79.9. The lowest BCUT2D eigenvalue weighted by molar-refractivity contribution is 1.14. The van der Waals surface area contributed by atoms with Gasteiger partial charge < -0.3 is 4.98 Å². The third-order valence-electron chi connectivity index (χ3n) is 3.39. The Morgan fingerprint density at radius 1 is 1.16 bits per heavy atom. The Morgan fingerprint density at radius 3 is 2.74 bits per heavy atom. The Morgan fingerprint density at radius 2 is 2.00 bits per heavy atom. The van der Waals surface area contributed by atoms with E-state index in [0.29, 0.717) is 0 Å². The van der Waals surface area contributed by atoms with Crippen molar-refractivity contribution in [3.8, 4) is 11.4 Å². The summed E-state index contributed by atoms with van der Waals surface area (Å²) in [6, 6.07) is 12.7. The Balaban J connectivity index is 2.11. The molecule has 1 heterocycles. The van der Waals surface area contributed by atoms with E-state index in [1.54, 1.807) is 0 Å². The second kappa shape index (κ2) is 4.82. The normalized spacial score (nSPS) is 11.1. The molecular formula is C16H15BrN2. The molecule has 3 aromatic rings. The Labute approximate surface area is 121 Å². The number of aryl methyl sites for hydroxylation is 2. The van der Waals surface area contributed by atoms with Crippen molar-refractivity contribution in [1.82, 2.24) is 9.97 Å². The first-order valence-electron chi connectivity index (χ1n) is 6.42. The van der Waals surface area contributed by atoms with Crippen LogP contribution in [0.5, 0.6) is 0 Å². The zero-order valence-electron chi connectivity index (χ0n) is 11.0. The zero-order valence-corrected chi connectivity index (χ0v) is 12.6. The van der Waals surface area contributed by atoms with E-state index in [2.05, 4.69) is 76.1 Å². The summed E-state index contributed by atoms with van der Waals surface area (Å²) in [6.45, 7) is 4.25. The van der Waals surface area contributed by atoms with E-state index >= 15 is 0 Å². The van der Waals surface area contributed by atoms with Crippen LogP contribution in [-0.2, 0) is 6.42 Å². The molecule has 0 unspecified atom stereocenters. The highest BCUT2D eigenvalue weighted by Gasteiger charge is 2.06. The molecule has 0 aliphatic rings. The summed E-state index contributed by atoms with van der Waals surface area (Å²) < 4.78 is 1.13. The van der Waals surface area contributed by atoms with Gasteiger partial charge in [-0.15, -0.1) is 0 Å². The molecule has 0 aliphatic heterocycles. The van der Waals surface area contributed by atoms with Gasteiger partial charge in [-0.25, -0.2) is 4.98 Å². The van der Waals surface area contributed by atoms with Crippen molar-refractivity contribution >= 4 is 27.0 Å². The van der Waals surface area contributed by atoms with Crippen molar-refractivity contribution in [2.45, 2.75) is 20.3 Å². The fraction of sp³-hybridized carbons (Fsp3) is 0.188. The van der Waals surface area contributed by atoms with Crippen LogP contribution >= 0.6 is 15.9 Å². The molecule has 1 N–H and O–H groups in total. The van der Waals surface area contributed by atoms with E-state index < -0.39 is 0 Å². The number of imidazole rings is 1. The highest BCUT2D eigenvalue weighted by molar-refractivity contribution is 9.10. The fourth-order valence-electron chi connectivity index (χ4n) is 2.21. The number of benzene rings is 2. The van der Waals surface area contributed by atoms with Gasteiger partial charge in [-0.1, -0.05) is 35.0 Å². The average Bonchev–Trinajstić information content (AvgIpc) is 2.84. The topological polar surface area (TPSA) is 28.7 Å². The van der Waals surface area contributed by atoms with Gasteiger partial charge in [0.05, 0.1) is 11.0 Å². The van der Waals surface area contributed by atoms with Crippen LogP contribution in [0.3, 0.4) is 0 Å². The number of nitrogens with one attached hydrogen (secondary N) is 1. The molecule has 2 aromatic carbocycles. The number of aromatic amines is 1. The molecule has 0 saturated carbocycles. The van der Waals surface area contributed by atoms with E-state index in [9.17, 15) is 0 Å². The number of H-pyrrole nitrogens is 1. The number of nitrogens with zero attached hydrogens (tertiary/aromatic N) is 1. The number of hydrogen-bond acceptors (Lipinski definition) is 1. The van der Waals surface area contributed by atoms with Gasteiger partial charge in [-0.05, 0) is 48.7 Å². The monoisotopic (exact) mass is 314 g/mol. The lowest BCUT2D eigenvalue weighted by Gasteiger charge is -2.00. The molecule has 0 fully saturated rings. The standard InChI is InChI=1S/C16H15BrN2/c1-3-11-4-7-14-15(9-11)19-16(18-14)12-5-6-13(17)10(2)8-12/h4-9H,3H2,1-2H3,(H,18,19). The van der Waals surface area contributed by atoms with Crippen molar-refractivity contribution in [3.05, 3.63) is 52.0 Å². The molecule has 96 valence electrons. The predicted octanol–water partition coefficient (Wildman–Crippen LogP) is 4.86. The van der Waals surface area contributed by atoms with Crippen LogP contribution < -0.4 is 0 Å². The van der Waals surface area contributed by atoms with Gasteiger partial charge in [-0.2, -0.15) is 0 Å². The van der Waals surface area contributed by atoms with Gasteiger partial charge in [0.2, 0.25) is 0 Å². The van der Waals surface area contributed by atoms with Crippen LogP contribution in [0.15, 0.2) is 40.9 Å². The maximum absolute atomic E-state index is 4.66. The molecule has 0 amide bonds. The van der Waals surface area contributed by atoms with E-state index in [0.717, 1.165) is 33.3 Å². The van der Waals surface area contributed by atoms with Crippen LogP contribution in [0.25, 0.3) is 22.4 Å². The number of hydrogen-bond donors (Lipinski definition) is 1. The van der Waals surface area contributed by atoms with E-state index in [-0.39, 0.29) is 0 Å². The van der Waals surface area contributed by atoms with Crippen LogP contribution in [0.4, 0.5) is 0 Å². The SMILES string of the molecule is CCc1ccc2nc(-c3ccc(Br)c(C)c3)[nH]c2c1. The van der Waals surface area contributed by atoms with Crippen molar-refractivity contribution in [1.29, 1.82) is 0 Å². The molecule has 19 heavy (non-hydrogen) atoms. The molecule has 0 saturated heterocycles. The van der Waals surface area contributed by atoms with Crippen molar-refractivity contribution in [2.75, 3.05) is 0 Å². The first-order valence-corrected chi connectivity index (χ1v) is 7.22. The van der Waals surface area contributed by atoms with Crippen LogP contribution in [0.2, 0.25) is 0 Å². The fourth-order valence-corrected chi connectivity index (χ4v) is 2.45. The van der Waals surface area contributed by atoms with E-state index in [1.165, 1.54) is 11.1 Å². The molecule has 0 aliphatic carbocycles. The maximum Gasteiger partial charge on any atom is 0.138 e. The van der Waals surface area contributed by atoms with Gasteiger partial charge in [0.1, 0.15) is 5.82 Å². The second-order valence-corrected chi connectivity index (χ2v) is 5.61. The summed E-state index contributed by atoms with van der Waals surface area (Å²) >= 11 is 3.52. The maximum atomic E-state index is 4.66. The van der Waals surface area contributed by atoms with Crippen LogP contribution in [-0.4, -0.2) is 9.97 Å². The minimum Gasteiger partial charge on any atom is -0.338 e. The number of fused-ring (bicyclic) bond motifs is 1. The smallest absolute Gasteiger partial charge is 0.138 e. The number of rotatable bonds is 2. The van der Waals surface area contributed by atoms with Crippen LogP contribution in [0.1, 0.15) is 18.1 Å². The molecule has 0 bridgehead atoms. The van der Waals surface area contributed by atoms with Gasteiger partial charge >= 0.3 is 0 Å². The van der Waals surface area contributed by atoms with Crippen molar-refractivity contribution in [2.24, 2.45) is 0 Å². The molecular weight excluding hydrogens is 300 g/mol. The summed E-state index contributed by atoms with van der Waals surface area (Å²) in [7, 11) is 0. The average molecular weight is 315 g/mol. The highest BCUT2D eigenvalue weighted by Crippen LogP contribution is 2.25. The molecule has 2 nitrogen and oxygen atoms in total. The summed E-state index contributed by atoms with van der Waals surface area (Å²) in [5, 5.41) is 0. The first-order chi connectivity index (χ1) is 9.17. The summed E-state index contributed by atoms with van der Waals surface area (Å²) in [6.07, 6.45) is 1.04. The number of aromatic nitrogens is 2. The first kappa shape index (κ1) is 12.4. The molecule has 0 radical (unpaired) electrons. The van der Waals surface area contributed by atoms with Crippen LogP contribution in [0, 0.1) is 6.92 Å². The second-order valence-electron chi connectivity index (χ2n) is 4.75. The van der Waals surface area contributed by atoms with Gasteiger partial charge in [-0.3, -0.25) is 0 Å². The molecule has 0 spiro atoms. The summed E-state index contributed by atoms with van der Waals surface area (Å²) in [5.74, 6) is 0.929. The lowest BCUT2D eigenvalue weighted by atomic mass is 10.1. The minimum absolute atomic E-state index is 0.929. The quantitative estimate of drug-likeness (QED) is 0.718. The summed E-state index contributed by atoms with van der Waals surface area (Å²) in [5.41, 5.74) is 5.79. The Kier molecular flexibility index (Phi) is 3.15. The van der Waals surface area contributed by atoms with E-state index in [1.807, 2.05) is 0 Å². The molecule has 3 heteroatoms. The number of halogens is 1. The lowest BCUT2D eigenvalue weighted by Crippen LogP contribution is -1.82. The molecule has 1 aromatic heterocycles. The molecule has 3 rings (SSSR count). The third-order valence-corrected chi connectivity index (χ3v) is 4.28.